The first-order valence-corrected chi connectivity index (χ1v) is 8.98. The maximum absolute atomic E-state index is 13.0. The van der Waals surface area contributed by atoms with E-state index in [0.717, 1.165) is 20.3 Å². The SMILES string of the molecule is COc1c(Cl)cc([N+](=O)[O-])c(OC)c1C(=O)NC(=O)Nc1cc(C(F)(F)F)cc(C(F)(F)F)c1. The normalized spacial score (nSPS) is 11.6. The van der Waals surface area contributed by atoms with Crippen molar-refractivity contribution in [1.82, 2.24) is 5.32 Å². The molecule has 0 bridgehead atoms. The van der Waals surface area contributed by atoms with E-state index in [-0.39, 0.29) is 18.2 Å². The minimum absolute atomic E-state index is 0.158. The van der Waals surface area contributed by atoms with Crippen molar-refractivity contribution in [3.63, 3.8) is 0 Å². The van der Waals surface area contributed by atoms with Crippen LogP contribution in [-0.4, -0.2) is 31.1 Å². The molecule has 2 rings (SSSR count). The molecule has 16 heteroatoms. The fourth-order valence-electron chi connectivity index (χ4n) is 2.70. The monoisotopic (exact) mass is 515 g/mol. The summed E-state index contributed by atoms with van der Waals surface area (Å²) in [6, 6.07) is -0.494. The van der Waals surface area contributed by atoms with Crippen molar-refractivity contribution >= 4 is 34.9 Å². The number of imide groups is 1. The van der Waals surface area contributed by atoms with Gasteiger partial charge in [0.15, 0.2) is 5.75 Å². The van der Waals surface area contributed by atoms with Gasteiger partial charge in [-0.15, -0.1) is 0 Å². The lowest BCUT2D eigenvalue weighted by atomic mass is 10.1. The number of benzene rings is 2. The zero-order valence-corrected chi connectivity index (χ0v) is 17.6. The fraction of sp³-hybridized carbons (Fsp3) is 0.222. The van der Waals surface area contributed by atoms with Crippen molar-refractivity contribution in [3.05, 3.63) is 56.1 Å². The number of halogens is 7. The molecule has 0 aliphatic carbocycles. The van der Waals surface area contributed by atoms with Crippen LogP contribution in [0.2, 0.25) is 5.02 Å². The van der Waals surface area contributed by atoms with Crippen molar-refractivity contribution in [2.45, 2.75) is 12.4 Å². The van der Waals surface area contributed by atoms with Crippen LogP contribution in [0.3, 0.4) is 0 Å². The van der Waals surface area contributed by atoms with Crippen LogP contribution < -0.4 is 20.1 Å². The molecule has 0 aromatic heterocycles. The number of alkyl halides is 6. The topological polar surface area (TPSA) is 120 Å². The van der Waals surface area contributed by atoms with Gasteiger partial charge < -0.3 is 14.8 Å². The zero-order valence-electron chi connectivity index (χ0n) is 16.9. The molecule has 9 nitrogen and oxygen atoms in total. The van der Waals surface area contributed by atoms with E-state index in [2.05, 4.69) is 0 Å². The highest BCUT2D eigenvalue weighted by Crippen LogP contribution is 2.42. The Labute approximate surface area is 190 Å². The summed E-state index contributed by atoms with van der Waals surface area (Å²) in [7, 11) is 1.98. The van der Waals surface area contributed by atoms with Gasteiger partial charge in [0.25, 0.3) is 5.91 Å². The maximum atomic E-state index is 13.0. The molecule has 3 amide bonds. The molecule has 0 heterocycles. The van der Waals surface area contributed by atoms with Crippen LogP contribution in [0.25, 0.3) is 0 Å². The molecule has 2 N–H and O–H groups in total. The predicted octanol–water partition coefficient (Wildman–Crippen LogP) is 5.26. The Hall–Kier alpha value is -3.75. The zero-order chi connectivity index (χ0) is 26.0. The molecule has 0 aliphatic rings. The van der Waals surface area contributed by atoms with Crippen LogP contribution in [-0.2, 0) is 12.4 Å². The highest BCUT2D eigenvalue weighted by molar-refractivity contribution is 6.33. The summed E-state index contributed by atoms with van der Waals surface area (Å²) >= 11 is 5.86. The first-order valence-electron chi connectivity index (χ1n) is 8.60. The van der Waals surface area contributed by atoms with Crippen molar-refractivity contribution in [3.8, 4) is 11.5 Å². The molecule has 0 fully saturated rings. The van der Waals surface area contributed by atoms with E-state index in [0.29, 0.717) is 0 Å². The van der Waals surface area contributed by atoms with Crippen molar-refractivity contribution in [2.75, 3.05) is 19.5 Å². The van der Waals surface area contributed by atoms with Gasteiger partial charge in [-0.2, -0.15) is 26.3 Å². The minimum Gasteiger partial charge on any atom is -0.494 e. The van der Waals surface area contributed by atoms with Crippen LogP contribution in [0.5, 0.6) is 11.5 Å². The Morgan fingerprint density at radius 1 is 0.941 bits per heavy atom. The van der Waals surface area contributed by atoms with Gasteiger partial charge in [-0.3, -0.25) is 20.2 Å². The molecule has 0 atom stereocenters. The van der Waals surface area contributed by atoms with Gasteiger partial charge in [0.2, 0.25) is 5.75 Å². The highest BCUT2D eigenvalue weighted by atomic mass is 35.5. The van der Waals surface area contributed by atoms with Gasteiger partial charge in [0, 0.05) is 11.8 Å². The number of urea groups is 1. The molecule has 0 saturated heterocycles. The number of nitro benzene ring substituents is 1. The Balaban J connectivity index is 2.44. The summed E-state index contributed by atoms with van der Waals surface area (Å²) in [5.74, 6) is -2.54. The lowest BCUT2D eigenvalue weighted by molar-refractivity contribution is -0.385. The average Bonchev–Trinajstić information content (AvgIpc) is 2.70. The third-order valence-corrected chi connectivity index (χ3v) is 4.35. The molecule has 0 unspecified atom stereocenters. The van der Waals surface area contributed by atoms with Crippen LogP contribution in [0.4, 0.5) is 42.5 Å². The summed E-state index contributed by atoms with van der Waals surface area (Å²) in [4.78, 5) is 35.0. The third kappa shape index (κ3) is 5.78. The summed E-state index contributed by atoms with van der Waals surface area (Å²) < 4.78 is 87.5. The van der Waals surface area contributed by atoms with Crippen molar-refractivity contribution in [1.29, 1.82) is 0 Å². The van der Waals surface area contributed by atoms with Crippen molar-refractivity contribution < 1.29 is 50.3 Å². The van der Waals surface area contributed by atoms with E-state index < -0.39 is 73.8 Å². The van der Waals surface area contributed by atoms with Crippen LogP contribution in [0.15, 0.2) is 24.3 Å². The smallest absolute Gasteiger partial charge is 0.416 e. The number of nitrogens with zero attached hydrogens (tertiary/aromatic N) is 1. The minimum atomic E-state index is -5.18. The summed E-state index contributed by atoms with van der Waals surface area (Å²) in [5.41, 5.74) is -5.87. The van der Waals surface area contributed by atoms with E-state index in [4.69, 9.17) is 21.1 Å². The van der Waals surface area contributed by atoms with Gasteiger partial charge in [0.1, 0.15) is 5.56 Å². The third-order valence-electron chi connectivity index (χ3n) is 4.07. The number of anilines is 1. The number of rotatable bonds is 5. The number of hydrogen-bond donors (Lipinski definition) is 2. The van der Waals surface area contributed by atoms with Gasteiger partial charge in [-0.25, -0.2) is 4.79 Å². The average molecular weight is 516 g/mol. The number of hydrogen-bond acceptors (Lipinski definition) is 6. The molecule has 0 saturated carbocycles. The second kappa shape index (κ2) is 9.62. The Morgan fingerprint density at radius 3 is 1.85 bits per heavy atom. The predicted molar refractivity (Wildman–Crippen MR) is 104 cm³/mol. The Kier molecular flexibility index (Phi) is 7.50. The van der Waals surface area contributed by atoms with Gasteiger partial charge in [-0.05, 0) is 18.2 Å². The molecule has 0 radical (unpaired) electrons. The number of carbonyl (C=O) groups excluding carboxylic acids is 2. The van der Waals surface area contributed by atoms with Gasteiger partial charge >= 0.3 is 24.1 Å². The molecular weight excluding hydrogens is 504 g/mol. The number of methoxy groups -OCH3 is 2. The van der Waals surface area contributed by atoms with E-state index >= 15 is 0 Å². The maximum Gasteiger partial charge on any atom is 0.416 e. The standard InChI is InChI=1S/C18H12ClF6N3O6/c1-33-13-10(19)6-11(28(31)32)14(34-2)12(13)15(29)27-16(30)26-9-4-7(17(20,21)22)3-8(5-9)18(23,24)25/h3-6H,1-2H3,(H2,26,27,29,30). The molecule has 2 aromatic rings. The highest BCUT2D eigenvalue weighted by Gasteiger charge is 2.37. The largest absolute Gasteiger partial charge is 0.494 e. The van der Waals surface area contributed by atoms with Crippen molar-refractivity contribution in [2.24, 2.45) is 0 Å². The first kappa shape index (κ1) is 26.5. The summed E-state index contributed by atoms with van der Waals surface area (Å²) in [5, 5.41) is 14.1. The van der Waals surface area contributed by atoms with Gasteiger partial charge in [0.05, 0.1) is 35.3 Å². The number of nitrogens with one attached hydrogen (secondary N) is 2. The second-order valence-electron chi connectivity index (χ2n) is 6.28. The van der Waals surface area contributed by atoms with E-state index in [1.165, 1.54) is 0 Å². The quantitative estimate of drug-likeness (QED) is 0.318. The van der Waals surface area contributed by atoms with Crippen LogP contribution >= 0.6 is 11.6 Å². The van der Waals surface area contributed by atoms with Gasteiger partial charge in [-0.1, -0.05) is 11.6 Å². The number of carbonyl (C=O) groups is 2. The Morgan fingerprint density at radius 2 is 1.44 bits per heavy atom. The molecular formula is C18H12ClF6N3O6. The van der Waals surface area contributed by atoms with E-state index in [1.807, 2.05) is 0 Å². The number of amides is 3. The molecule has 0 spiro atoms. The second-order valence-corrected chi connectivity index (χ2v) is 6.69. The number of ether oxygens (including phenoxy) is 2. The molecule has 2 aromatic carbocycles. The number of nitro groups is 1. The fourth-order valence-corrected chi connectivity index (χ4v) is 2.98. The van der Waals surface area contributed by atoms with E-state index in [1.54, 1.807) is 10.6 Å². The Bertz CT molecular complexity index is 1120. The first-order chi connectivity index (χ1) is 15.6. The summed E-state index contributed by atoms with van der Waals surface area (Å²) in [6.07, 6.45) is -10.4. The van der Waals surface area contributed by atoms with Crippen LogP contribution in [0.1, 0.15) is 21.5 Å². The molecule has 34 heavy (non-hydrogen) atoms. The lowest BCUT2D eigenvalue weighted by Gasteiger charge is -2.16. The van der Waals surface area contributed by atoms with E-state index in [9.17, 15) is 46.0 Å². The molecule has 0 aliphatic heterocycles. The summed E-state index contributed by atoms with van der Waals surface area (Å²) in [6.45, 7) is 0. The molecule has 184 valence electrons. The van der Waals surface area contributed by atoms with Crippen LogP contribution in [0, 0.1) is 10.1 Å². The lowest BCUT2D eigenvalue weighted by Crippen LogP contribution is -2.35.